The van der Waals surface area contributed by atoms with Crippen LogP contribution in [0.4, 0.5) is 5.69 Å². The number of halogens is 2. The van der Waals surface area contributed by atoms with Crippen LogP contribution in [0.1, 0.15) is 29.2 Å². The summed E-state index contributed by atoms with van der Waals surface area (Å²) < 4.78 is -1.29. The van der Waals surface area contributed by atoms with Crippen molar-refractivity contribution in [2.24, 2.45) is 5.10 Å². The highest BCUT2D eigenvalue weighted by Gasteiger charge is 2.61. The number of hydrogen-bond acceptors (Lipinski definition) is 5. The fourth-order valence-electron chi connectivity index (χ4n) is 4.87. The first-order chi connectivity index (χ1) is 17.4. The zero-order valence-corrected chi connectivity index (χ0v) is 22.3. The molecule has 0 aliphatic carbocycles. The van der Waals surface area contributed by atoms with Crippen LogP contribution in [0.15, 0.2) is 108 Å². The molecule has 3 nitrogen and oxygen atoms in total. The Morgan fingerprint density at radius 3 is 1.83 bits per heavy atom. The first-order valence-electron chi connectivity index (χ1n) is 11.4. The van der Waals surface area contributed by atoms with Gasteiger partial charge in [0.15, 0.2) is 15.0 Å². The predicted molar refractivity (Wildman–Crippen MR) is 153 cm³/mol. The van der Waals surface area contributed by atoms with Gasteiger partial charge in [-0.15, -0.1) is 0 Å². The Labute approximate surface area is 228 Å². The van der Waals surface area contributed by atoms with Gasteiger partial charge in [0.1, 0.15) is 0 Å². The third-order valence-corrected chi connectivity index (χ3v) is 10.3. The van der Waals surface area contributed by atoms with Crippen LogP contribution in [-0.4, -0.2) is 10.8 Å². The Kier molecular flexibility index (Phi) is 5.92. The lowest BCUT2D eigenvalue weighted by Crippen LogP contribution is -2.34. The number of hydrogen-bond donors (Lipinski definition) is 0. The number of anilines is 1. The minimum Gasteiger partial charge on any atom is -0.292 e. The minimum atomic E-state index is -0.696. The molecule has 4 aromatic carbocycles. The van der Waals surface area contributed by atoms with E-state index in [0.29, 0.717) is 15.1 Å². The molecule has 0 bridgehead atoms. The number of fused-ring (bicyclic) bond motifs is 2. The Morgan fingerprint density at radius 2 is 1.28 bits per heavy atom. The Hall–Kier alpha value is -2.70. The predicted octanol–water partition coefficient (Wildman–Crippen LogP) is 8.30. The van der Waals surface area contributed by atoms with Crippen LogP contribution in [0.2, 0.25) is 10.0 Å². The number of ketones is 1. The minimum absolute atomic E-state index is 0.0497. The van der Waals surface area contributed by atoms with Gasteiger partial charge in [0.05, 0.1) is 10.4 Å². The Balaban J connectivity index is 1.65. The van der Waals surface area contributed by atoms with Gasteiger partial charge in [-0.05, 0) is 53.1 Å². The molecule has 0 saturated carbocycles. The molecule has 6 rings (SSSR count). The van der Waals surface area contributed by atoms with Crippen LogP contribution in [0, 0.1) is 0 Å². The van der Waals surface area contributed by atoms with E-state index < -0.39 is 8.95 Å². The number of thioether (sulfide) groups is 2. The highest BCUT2D eigenvalue weighted by molar-refractivity contribution is 8.27. The van der Waals surface area contributed by atoms with Crippen molar-refractivity contribution in [1.29, 1.82) is 0 Å². The molecule has 4 aromatic rings. The van der Waals surface area contributed by atoms with Crippen LogP contribution in [0.25, 0.3) is 0 Å². The number of rotatable bonds is 4. The number of carbonyl (C=O) groups is 1. The molecule has 0 amide bonds. The quantitative estimate of drug-likeness (QED) is 0.257. The lowest BCUT2D eigenvalue weighted by atomic mass is 9.82. The maximum absolute atomic E-state index is 12.6. The first-order valence-corrected chi connectivity index (χ1v) is 13.8. The molecule has 7 heteroatoms. The average Bonchev–Trinajstić information content (AvgIpc) is 3.43. The van der Waals surface area contributed by atoms with E-state index in [0.717, 1.165) is 27.9 Å². The van der Waals surface area contributed by atoms with E-state index in [4.69, 9.17) is 28.3 Å². The van der Waals surface area contributed by atoms with Crippen LogP contribution in [-0.2, 0) is 13.7 Å². The van der Waals surface area contributed by atoms with Gasteiger partial charge in [0.2, 0.25) is 0 Å². The number of para-hydroxylation sites is 1. The van der Waals surface area contributed by atoms with Gasteiger partial charge in [-0.3, -0.25) is 4.79 Å². The van der Waals surface area contributed by atoms with Crippen molar-refractivity contribution in [2.75, 3.05) is 5.01 Å². The summed E-state index contributed by atoms with van der Waals surface area (Å²) in [6, 6.07) is 34.5. The Bertz CT molecular complexity index is 1440. The molecule has 0 saturated heterocycles. The van der Waals surface area contributed by atoms with E-state index in [1.54, 1.807) is 18.7 Å². The summed E-state index contributed by atoms with van der Waals surface area (Å²) in [6.07, 6.45) is 0. The van der Waals surface area contributed by atoms with Crippen LogP contribution in [0.5, 0.6) is 0 Å². The van der Waals surface area contributed by atoms with Crippen LogP contribution >= 0.6 is 46.7 Å². The van der Waals surface area contributed by atoms with Crippen molar-refractivity contribution >= 4 is 63.2 Å². The number of hydrazone groups is 1. The fourth-order valence-corrected chi connectivity index (χ4v) is 8.68. The fraction of sp³-hybridized carbons (Fsp3) is 0.103. The van der Waals surface area contributed by atoms with Crippen molar-refractivity contribution in [3.63, 3.8) is 0 Å². The number of Topliss-reactive ketones (excluding diaryl/α,β-unsaturated/α-hetero) is 1. The van der Waals surface area contributed by atoms with E-state index in [1.807, 2.05) is 59.6 Å². The topological polar surface area (TPSA) is 32.7 Å². The third-order valence-electron chi connectivity index (χ3n) is 6.45. The lowest BCUT2D eigenvalue weighted by Gasteiger charge is -2.37. The summed E-state index contributed by atoms with van der Waals surface area (Å²) in [7, 11) is 0. The normalized spacial score (nSPS) is 19.9. The molecule has 1 unspecified atom stereocenters. The van der Waals surface area contributed by atoms with Gasteiger partial charge in [-0.25, -0.2) is 5.01 Å². The first kappa shape index (κ1) is 23.7. The van der Waals surface area contributed by atoms with E-state index in [9.17, 15) is 4.79 Å². The second kappa shape index (κ2) is 9.00. The molecule has 1 spiro atoms. The second-order valence-electron chi connectivity index (χ2n) is 8.64. The van der Waals surface area contributed by atoms with E-state index >= 15 is 0 Å². The van der Waals surface area contributed by atoms with Gasteiger partial charge in [-0.2, -0.15) is 5.10 Å². The van der Waals surface area contributed by atoms with Crippen LogP contribution < -0.4 is 5.01 Å². The van der Waals surface area contributed by atoms with E-state index in [1.165, 1.54) is 11.8 Å². The molecule has 0 aromatic heterocycles. The van der Waals surface area contributed by atoms with Crippen molar-refractivity contribution in [1.82, 2.24) is 0 Å². The molecule has 0 N–H and O–H groups in total. The van der Waals surface area contributed by atoms with Gasteiger partial charge in [-0.1, -0.05) is 113 Å². The lowest BCUT2D eigenvalue weighted by molar-refractivity contribution is -0.110. The molecule has 2 heterocycles. The van der Waals surface area contributed by atoms with Gasteiger partial charge in [0, 0.05) is 22.5 Å². The second-order valence-corrected chi connectivity index (χ2v) is 12.4. The van der Waals surface area contributed by atoms with Crippen molar-refractivity contribution in [3.05, 3.63) is 135 Å². The third kappa shape index (κ3) is 3.60. The molecular weight excluding hydrogens is 527 g/mol. The number of carbonyl (C=O) groups excluding carboxylic acids is 1. The summed E-state index contributed by atoms with van der Waals surface area (Å²) >= 11 is 15.9. The largest absolute Gasteiger partial charge is 0.292 e. The molecule has 178 valence electrons. The highest BCUT2D eigenvalue weighted by Crippen LogP contribution is 2.70. The summed E-state index contributed by atoms with van der Waals surface area (Å²) in [5, 5.41) is 8.73. The molecule has 0 radical (unpaired) electrons. The zero-order chi connectivity index (χ0) is 24.9. The average molecular weight is 548 g/mol. The molecule has 0 fully saturated rings. The maximum atomic E-state index is 12.6. The van der Waals surface area contributed by atoms with Crippen molar-refractivity contribution < 1.29 is 4.79 Å². The molecule has 2 aliphatic heterocycles. The van der Waals surface area contributed by atoms with Crippen molar-refractivity contribution in [3.8, 4) is 0 Å². The van der Waals surface area contributed by atoms with Crippen LogP contribution in [0.3, 0.4) is 0 Å². The van der Waals surface area contributed by atoms with Gasteiger partial charge >= 0.3 is 0 Å². The summed E-state index contributed by atoms with van der Waals surface area (Å²) in [5.74, 6) is -0.0497. The molecule has 1 atom stereocenters. The molecule has 2 aliphatic rings. The monoisotopic (exact) mass is 546 g/mol. The zero-order valence-electron chi connectivity index (χ0n) is 19.2. The molecular formula is C29H20Cl2N2OS2. The van der Waals surface area contributed by atoms with E-state index in [2.05, 4.69) is 48.5 Å². The number of nitrogens with zero attached hydrogens (tertiary/aromatic N) is 2. The highest BCUT2D eigenvalue weighted by atomic mass is 35.5. The van der Waals surface area contributed by atoms with E-state index in [-0.39, 0.29) is 5.78 Å². The summed E-state index contributed by atoms with van der Waals surface area (Å²) in [6.45, 7) is 1.57. The van der Waals surface area contributed by atoms with Gasteiger partial charge in [0.25, 0.3) is 0 Å². The maximum Gasteiger partial charge on any atom is 0.187 e. The summed E-state index contributed by atoms with van der Waals surface area (Å²) in [5.41, 5.74) is 5.36. The SMILES string of the molecule is CC(=O)C1=NN(c2ccccc2)C2(S1)SC(c1ccc(Cl)cc1)(c1ccc(Cl)cc1)c1ccccc12. The number of benzene rings is 4. The van der Waals surface area contributed by atoms with Crippen molar-refractivity contribution in [2.45, 2.75) is 15.9 Å². The standard InChI is InChI=1S/C29H20Cl2N2OS2/c1-19(34)27-32-33(24-7-3-2-4-8-24)29(35-27)26-10-6-5-9-25(26)28(36-29,20-11-15-22(30)16-12-20)21-13-17-23(31)18-14-21/h2-18H,1H3. The van der Waals surface area contributed by atoms with Gasteiger partial charge < -0.3 is 0 Å². The Morgan fingerprint density at radius 1 is 0.750 bits per heavy atom. The smallest absolute Gasteiger partial charge is 0.187 e. The summed E-state index contributed by atoms with van der Waals surface area (Å²) in [4.78, 5) is 12.6. The molecule has 36 heavy (non-hydrogen) atoms.